The SMILES string of the molecule is CN=C/C(=C\N)c1cc(C(C)NC(=O)c2cc(N)ccc2C)cc(OC)c1OC(C)C. The molecular weight excluding hydrogens is 392 g/mol. The van der Waals surface area contributed by atoms with Crippen LogP contribution in [0.2, 0.25) is 0 Å². The van der Waals surface area contributed by atoms with E-state index in [1.165, 1.54) is 6.20 Å². The van der Waals surface area contributed by atoms with Gasteiger partial charge in [-0.25, -0.2) is 0 Å². The molecule has 7 nitrogen and oxygen atoms in total. The molecule has 2 aromatic rings. The highest BCUT2D eigenvalue weighted by molar-refractivity contribution is 6.11. The van der Waals surface area contributed by atoms with Crippen LogP contribution in [0.5, 0.6) is 11.5 Å². The minimum Gasteiger partial charge on any atom is -0.493 e. The lowest BCUT2D eigenvalue weighted by Crippen LogP contribution is -2.27. The van der Waals surface area contributed by atoms with E-state index in [0.29, 0.717) is 28.3 Å². The Morgan fingerprint density at radius 2 is 1.87 bits per heavy atom. The van der Waals surface area contributed by atoms with E-state index in [9.17, 15) is 4.79 Å². The second-order valence-corrected chi connectivity index (χ2v) is 7.55. The van der Waals surface area contributed by atoms with Gasteiger partial charge in [0.05, 0.1) is 19.3 Å². The fourth-order valence-electron chi connectivity index (χ4n) is 3.18. The molecule has 1 atom stereocenters. The number of amides is 1. The minimum atomic E-state index is -0.313. The van der Waals surface area contributed by atoms with Gasteiger partial charge < -0.3 is 26.3 Å². The van der Waals surface area contributed by atoms with E-state index in [4.69, 9.17) is 20.9 Å². The van der Waals surface area contributed by atoms with Crippen LogP contribution in [0, 0.1) is 6.92 Å². The number of nitrogens with two attached hydrogens (primary N) is 2. The molecule has 0 heterocycles. The second kappa shape index (κ2) is 10.5. The van der Waals surface area contributed by atoms with Gasteiger partial charge in [0.2, 0.25) is 0 Å². The van der Waals surface area contributed by atoms with Crippen molar-refractivity contribution in [1.82, 2.24) is 5.32 Å². The predicted molar refractivity (Wildman–Crippen MR) is 127 cm³/mol. The Hall–Kier alpha value is -3.48. The average Bonchev–Trinajstić information content (AvgIpc) is 2.73. The van der Waals surface area contributed by atoms with Crippen molar-refractivity contribution in [3.63, 3.8) is 0 Å². The molecule has 1 amide bonds. The Morgan fingerprint density at radius 3 is 2.45 bits per heavy atom. The molecule has 1 unspecified atom stereocenters. The number of aliphatic imine (C=N–C) groups is 1. The fraction of sp³-hybridized carbons (Fsp3) is 0.333. The Labute approximate surface area is 184 Å². The van der Waals surface area contributed by atoms with Crippen LogP contribution in [-0.4, -0.2) is 32.4 Å². The normalized spacial score (nSPS) is 12.8. The highest BCUT2D eigenvalue weighted by Crippen LogP contribution is 2.38. The molecule has 0 saturated carbocycles. The number of carbonyl (C=O) groups is 1. The van der Waals surface area contributed by atoms with E-state index in [0.717, 1.165) is 16.7 Å². The molecule has 0 fully saturated rings. The van der Waals surface area contributed by atoms with Crippen molar-refractivity contribution >= 4 is 23.4 Å². The molecule has 0 aliphatic carbocycles. The number of nitrogens with zero attached hydrogens (tertiary/aromatic N) is 1. The quantitative estimate of drug-likeness (QED) is 0.440. The summed E-state index contributed by atoms with van der Waals surface area (Å²) in [5.41, 5.74) is 15.9. The van der Waals surface area contributed by atoms with Gasteiger partial charge in [-0.2, -0.15) is 0 Å². The van der Waals surface area contributed by atoms with E-state index in [1.807, 2.05) is 45.9 Å². The minimum absolute atomic E-state index is 0.0697. The van der Waals surface area contributed by atoms with Gasteiger partial charge in [0.15, 0.2) is 11.5 Å². The zero-order chi connectivity index (χ0) is 23.1. The van der Waals surface area contributed by atoms with Gasteiger partial charge in [0.1, 0.15) is 0 Å². The van der Waals surface area contributed by atoms with Crippen molar-refractivity contribution in [3.8, 4) is 11.5 Å². The lowest BCUT2D eigenvalue weighted by molar-refractivity contribution is 0.0939. The predicted octanol–water partition coefficient (Wildman–Crippen LogP) is 3.86. The molecule has 0 radical (unpaired) electrons. The summed E-state index contributed by atoms with van der Waals surface area (Å²) in [4.78, 5) is 17.0. The van der Waals surface area contributed by atoms with E-state index in [1.54, 1.807) is 32.5 Å². The highest BCUT2D eigenvalue weighted by atomic mass is 16.5. The summed E-state index contributed by atoms with van der Waals surface area (Å²) in [6.45, 7) is 7.66. The second-order valence-electron chi connectivity index (χ2n) is 7.55. The number of hydrogen-bond donors (Lipinski definition) is 3. The van der Waals surface area contributed by atoms with Crippen molar-refractivity contribution in [2.75, 3.05) is 19.9 Å². The summed E-state index contributed by atoms with van der Waals surface area (Å²) < 4.78 is 11.6. The number of carbonyl (C=O) groups excluding carboxylic acids is 1. The van der Waals surface area contributed by atoms with Gasteiger partial charge in [0, 0.05) is 41.8 Å². The molecular formula is C24H32N4O3. The van der Waals surface area contributed by atoms with Crippen LogP contribution in [0.25, 0.3) is 5.57 Å². The number of hydrogen-bond acceptors (Lipinski definition) is 6. The van der Waals surface area contributed by atoms with Crippen LogP contribution in [0.3, 0.4) is 0 Å². The summed E-state index contributed by atoms with van der Waals surface area (Å²) in [6, 6.07) is 8.75. The van der Waals surface area contributed by atoms with Crippen LogP contribution in [0.4, 0.5) is 5.69 Å². The van der Waals surface area contributed by atoms with E-state index in [-0.39, 0.29) is 18.1 Å². The number of nitrogens with one attached hydrogen (secondary N) is 1. The van der Waals surface area contributed by atoms with Gasteiger partial charge in [-0.1, -0.05) is 6.07 Å². The van der Waals surface area contributed by atoms with Crippen LogP contribution in [0.15, 0.2) is 41.5 Å². The monoisotopic (exact) mass is 424 g/mol. The third kappa shape index (κ3) is 5.78. The molecule has 166 valence electrons. The maximum atomic E-state index is 12.9. The summed E-state index contributed by atoms with van der Waals surface area (Å²) in [7, 11) is 3.25. The zero-order valence-electron chi connectivity index (χ0n) is 19.0. The lowest BCUT2D eigenvalue weighted by atomic mass is 9.98. The van der Waals surface area contributed by atoms with E-state index in [2.05, 4.69) is 10.3 Å². The number of aryl methyl sites for hydroxylation is 1. The summed E-state index contributed by atoms with van der Waals surface area (Å²) in [5.74, 6) is 0.916. The van der Waals surface area contributed by atoms with Gasteiger partial charge >= 0.3 is 0 Å². The third-order valence-corrected chi connectivity index (χ3v) is 4.76. The number of allylic oxidation sites excluding steroid dienone is 1. The Bertz CT molecular complexity index is 997. The van der Waals surface area contributed by atoms with Crippen LogP contribution >= 0.6 is 0 Å². The molecule has 2 aromatic carbocycles. The molecule has 0 aliphatic heterocycles. The van der Waals surface area contributed by atoms with Gasteiger partial charge in [-0.15, -0.1) is 0 Å². The van der Waals surface area contributed by atoms with Crippen molar-refractivity contribution < 1.29 is 14.3 Å². The molecule has 7 heteroatoms. The summed E-state index contributed by atoms with van der Waals surface area (Å²) in [5, 5.41) is 3.03. The third-order valence-electron chi connectivity index (χ3n) is 4.76. The number of nitrogen functional groups attached to an aromatic ring is 1. The Kier molecular flexibility index (Phi) is 8.07. The fourth-order valence-corrected chi connectivity index (χ4v) is 3.18. The van der Waals surface area contributed by atoms with Crippen LogP contribution in [0.1, 0.15) is 53.9 Å². The van der Waals surface area contributed by atoms with Gasteiger partial charge in [0.25, 0.3) is 5.91 Å². The standard InChI is InChI=1S/C24H32N4O3/c1-14(2)31-23-21(18(12-25)13-27-5)9-17(10-22(23)30-6)16(4)28-24(29)20-11-19(26)8-7-15(20)3/h7-14,16H,25-26H2,1-6H3,(H,28,29)/b18-12+,27-13?. The largest absolute Gasteiger partial charge is 0.493 e. The molecule has 0 bridgehead atoms. The molecule has 31 heavy (non-hydrogen) atoms. The number of anilines is 1. The molecule has 2 rings (SSSR count). The summed E-state index contributed by atoms with van der Waals surface area (Å²) in [6.07, 6.45) is 3.06. The van der Waals surface area contributed by atoms with E-state index >= 15 is 0 Å². The smallest absolute Gasteiger partial charge is 0.252 e. The van der Waals surface area contributed by atoms with Crippen molar-refractivity contribution in [2.45, 2.75) is 39.8 Å². The van der Waals surface area contributed by atoms with Crippen LogP contribution < -0.4 is 26.3 Å². The lowest BCUT2D eigenvalue weighted by Gasteiger charge is -2.22. The molecule has 0 aliphatic rings. The van der Waals surface area contributed by atoms with Gasteiger partial charge in [-0.05, 0) is 63.1 Å². The summed E-state index contributed by atoms with van der Waals surface area (Å²) >= 11 is 0. The van der Waals surface area contributed by atoms with Gasteiger partial charge in [-0.3, -0.25) is 9.79 Å². The van der Waals surface area contributed by atoms with Crippen molar-refractivity contribution in [2.24, 2.45) is 10.7 Å². The number of rotatable bonds is 8. The maximum absolute atomic E-state index is 12.9. The first kappa shape index (κ1) is 23.8. The number of ether oxygens (including phenoxy) is 2. The average molecular weight is 425 g/mol. The highest BCUT2D eigenvalue weighted by Gasteiger charge is 2.21. The molecule has 0 spiro atoms. The van der Waals surface area contributed by atoms with Crippen molar-refractivity contribution in [3.05, 3.63) is 58.8 Å². The van der Waals surface area contributed by atoms with Crippen LogP contribution in [-0.2, 0) is 0 Å². The number of methoxy groups -OCH3 is 1. The number of benzene rings is 2. The Morgan fingerprint density at radius 1 is 1.16 bits per heavy atom. The maximum Gasteiger partial charge on any atom is 0.252 e. The zero-order valence-corrected chi connectivity index (χ0v) is 19.0. The first-order valence-electron chi connectivity index (χ1n) is 10.1. The Balaban J connectivity index is 2.50. The topological polar surface area (TPSA) is 112 Å². The molecule has 0 aromatic heterocycles. The first-order chi connectivity index (χ1) is 14.7. The van der Waals surface area contributed by atoms with Crippen molar-refractivity contribution in [1.29, 1.82) is 0 Å². The molecule has 5 N–H and O–H groups in total. The van der Waals surface area contributed by atoms with E-state index < -0.39 is 0 Å². The first-order valence-corrected chi connectivity index (χ1v) is 10.1. The molecule has 0 saturated heterocycles.